The number of carbonyl (C=O) groups is 3. The van der Waals surface area contributed by atoms with Crippen molar-refractivity contribution in [2.75, 3.05) is 12.3 Å². The molecular formula is C20H35NO7S. The summed E-state index contributed by atoms with van der Waals surface area (Å²) in [6.45, 7) is 3.78. The molecule has 1 rings (SSSR count). The molecule has 29 heavy (non-hydrogen) atoms. The van der Waals surface area contributed by atoms with Crippen LogP contribution in [0.25, 0.3) is 0 Å². The van der Waals surface area contributed by atoms with E-state index in [4.69, 9.17) is 9.84 Å². The van der Waals surface area contributed by atoms with Crippen LogP contribution in [-0.4, -0.2) is 60.0 Å². The van der Waals surface area contributed by atoms with Crippen molar-refractivity contribution in [3.8, 4) is 0 Å². The lowest BCUT2D eigenvalue weighted by atomic mass is 10.1. The Bertz CT molecular complexity index is 647. The fraction of sp³-hybridized carbons (Fsp3) is 0.850. The Balaban J connectivity index is 2.59. The number of hydrogen-bond donors (Lipinski definition) is 1. The topological polar surface area (TPSA) is 118 Å². The lowest BCUT2D eigenvalue weighted by Crippen LogP contribution is -2.37. The fourth-order valence-electron chi connectivity index (χ4n) is 3.67. The van der Waals surface area contributed by atoms with E-state index in [0.717, 1.165) is 32.1 Å². The Labute approximate surface area is 173 Å². The van der Waals surface area contributed by atoms with E-state index >= 15 is 0 Å². The Morgan fingerprint density at radius 2 is 1.83 bits per heavy atom. The van der Waals surface area contributed by atoms with Gasteiger partial charge in [-0.1, -0.05) is 32.6 Å². The second kappa shape index (κ2) is 12.8. The van der Waals surface area contributed by atoms with Gasteiger partial charge in [0, 0.05) is 19.9 Å². The van der Waals surface area contributed by atoms with E-state index in [1.165, 1.54) is 11.8 Å². The van der Waals surface area contributed by atoms with Crippen LogP contribution in [0.4, 0.5) is 0 Å². The van der Waals surface area contributed by atoms with Crippen LogP contribution in [0.5, 0.6) is 0 Å². The maximum absolute atomic E-state index is 12.5. The minimum atomic E-state index is -3.54. The summed E-state index contributed by atoms with van der Waals surface area (Å²) in [6, 6.07) is 0. The van der Waals surface area contributed by atoms with Crippen LogP contribution in [0.2, 0.25) is 0 Å². The van der Waals surface area contributed by atoms with Crippen LogP contribution in [0.1, 0.15) is 84.5 Å². The van der Waals surface area contributed by atoms with Crippen molar-refractivity contribution < 1.29 is 32.6 Å². The van der Waals surface area contributed by atoms with Crippen molar-refractivity contribution in [3.63, 3.8) is 0 Å². The normalized spacial score (nSPS) is 19.3. The molecule has 0 radical (unpaired) electrons. The predicted molar refractivity (Wildman–Crippen MR) is 109 cm³/mol. The summed E-state index contributed by atoms with van der Waals surface area (Å²) >= 11 is 0. The van der Waals surface area contributed by atoms with Gasteiger partial charge in [-0.25, -0.2) is 8.42 Å². The monoisotopic (exact) mass is 433 g/mol. The average molecular weight is 434 g/mol. The molecule has 9 heteroatoms. The molecule has 0 aromatic carbocycles. The largest absolute Gasteiger partial charge is 0.481 e. The second-order valence-electron chi connectivity index (χ2n) is 7.71. The van der Waals surface area contributed by atoms with Crippen LogP contribution >= 0.6 is 0 Å². The molecular weight excluding hydrogens is 398 g/mol. The first kappa shape index (κ1) is 25.4. The number of aliphatic carboxylic acids is 1. The van der Waals surface area contributed by atoms with E-state index < -0.39 is 26.9 Å². The molecule has 0 bridgehead atoms. The molecule has 0 aromatic rings. The first-order valence-electron chi connectivity index (χ1n) is 10.6. The van der Waals surface area contributed by atoms with E-state index in [-0.39, 0.29) is 30.8 Å². The molecule has 0 spiro atoms. The molecule has 8 nitrogen and oxygen atoms in total. The van der Waals surface area contributed by atoms with Crippen LogP contribution in [0.15, 0.2) is 0 Å². The summed E-state index contributed by atoms with van der Waals surface area (Å²) in [5.41, 5.74) is 0. The summed E-state index contributed by atoms with van der Waals surface area (Å²) < 4.78 is 30.3. The van der Waals surface area contributed by atoms with Crippen molar-refractivity contribution in [2.45, 2.75) is 96.0 Å². The number of unbranched alkanes of at least 4 members (excludes halogenated alkanes) is 5. The quantitative estimate of drug-likeness (QED) is 0.311. The Morgan fingerprint density at radius 3 is 2.45 bits per heavy atom. The van der Waals surface area contributed by atoms with Gasteiger partial charge in [-0.15, -0.1) is 0 Å². The molecule has 1 aliphatic rings. The molecule has 0 aliphatic carbocycles. The first-order valence-corrected chi connectivity index (χ1v) is 12.3. The van der Waals surface area contributed by atoms with E-state index in [0.29, 0.717) is 32.2 Å². The third kappa shape index (κ3) is 9.60. The van der Waals surface area contributed by atoms with Crippen molar-refractivity contribution in [1.82, 2.24) is 4.90 Å². The van der Waals surface area contributed by atoms with Gasteiger partial charge in [-0.2, -0.15) is 0 Å². The van der Waals surface area contributed by atoms with Gasteiger partial charge in [-0.05, 0) is 38.5 Å². The number of nitrogens with zero attached hydrogens (tertiary/aromatic N) is 1. The third-order valence-corrected chi connectivity index (χ3v) is 7.11. The number of esters is 1. The molecule has 2 atom stereocenters. The molecule has 1 heterocycles. The van der Waals surface area contributed by atoms with E-state index in [1.807, 2.05) is 0 Å². The highest BCUT2D eigenvalue weighted by molar-refractivity contribution is 7.93. The molecule has 1 fully saturated rings. The standard InChI is InChI=1S/C20H35NO7S/c1-3-4-7-10-17(28-16(2)22)12-13-19-21(18(23)15-29(19,26)27)14-9-6-5-8-11-20(24)25/h17,19H,3-15H2,1-2H3,(H,24,25). The van der Waals surface area contributed by atoms with E-state index in [2.05, 4.69) is 6.92 Å². The Morgan fingerprint density at radius 1 is 1.14 bits per heavy atom. The molecule has 2 unspecified atom stereocenters. The van der Waals surface area contributed by atoms with Crippen LogP contribution in [-0.2, 0) is 29.0 Å². The van der Waals surface area contributed by atoms with Crippen molar-refractivity contribution in [1.29, 1.82) is 0 Å². The number of ether oxygens (including phenoxy) is 1. The highest BCUT2D eigenvalue weighted by Crippen LogP contribution is 2.26. The van der Waals surface area contributed by atoms with E-state index in [1.54, 1.807) is 0 Å². The number of amides is 1. The molecule has 168 valence electrons. The molecule has 1 amide bonds. The lowest BCUT2D eigenvalue weighted by Gasteiger charge is -2.25. The lowest BCUT2D eigenvalue weighted by molar-refractivity contribution is -0.147. The average Bonchev–Trinajstić information content (AvgIpc) is 2.83. The van der Waals surface area contributed by atoms with Crippen molar-refractivity contribution in [2.24, 2.45) is 0 Å². The number of hydrogen-bond acceptors (Lipinski definition) is 6. The SMILES string of the molecule is CCCCCC(CCC1N(CCCCCCC(=O)O)C(=O)CS1(=O)=O)OC(C)=O. The Kier molecular flexibility index (Phi) is 11.2. The van der Waals surface area contributed by atoms with Gasteiger partial charge in [0.15, 0.2) is 9.84 Å². The van der Waals surface area contributed by atoms with Crippen LogP contribution in [0.3, 0.4) is 0 Å². The van der Waals surface area contributed by atoms with Gasteiger partial charge in [0.25, 0.3) is 0 Å². The zero-order valence-corrected chi connectivity index (χ0v) is 18.4. The number of carboxylic acid groups (broad SMARTS) is 1. The van der Waals surface area contributed by atoms with Crippen LogP contribution in [0, 0.1) is 0 Å². The van der Waals surface area contributed by atoms with Crippen molar-refractivity contribution in [3.05, 3.63) is 0 Å². The molecule has 1 aliphatic heterocycles. The Hall–Kier alpha value is -1.64. The minimum absolute atomic E-state index is 0.120. The first-order chi connectivity index (χ1) is 13.7. The maximum Gasteiger partial charge on any atom is 0.303 e. The fourth-order valence-corrected chi connectivity index (χ4v) is 5.48. The number of carboxylic acids is 1. The zero-order valence-electron chi connectivity index (χ0n) is 17.6. The third-order valence-electron chi connectivity index (χ3n) is 5.14. The van der Waals surface area contributed by atoms with Crippen LogP contribution < -0.4 is 0 Å². The van der Waals surface area contributed by atoms with Gasteiger partial charge in [0.05, 0.1) is 0 Å². The van der Waals surface area contributed by atoms with Gasteiger partial charge >= 0.3 is 11.9 Å². The van der Waals surface area contributed by atoms with Gasteiger partial charge in [-0.3, -0.25) is 14.4 Å². The van der Waals surface area contributed by atoms with Gasteiger partial charge < -0.3 is 14.7 Å². The minimum Gasteiger partial charge on any atom is -0.481 e. The summed E-state index contributed by atoms with van der Waals surface area (Å²) in [6.07, 6.45) is 6.82. The second-order valence-corrected chi connectivity index (χ2v) is 9.87. The van der Waals surface area contributed by atoms with Gasteiger partial charge in [0.2, 0.25) is 5.91 Å². The summed E-state index contributed by atoms with van der Waals surface area (Å²) in [5, 5.41) is 7.78. The summed E-state index contributed by atoms with van der Waals surface area (Å²) in [5.74, 6) is -2.05. The molecule has 0 aromatic heterocycles. The maximum atomic E-state index is 12.5. The molecule has 1 N–H and O–H groups in total. The van der Waals surface area contributed by atoms with E-state index in [9.17, 15) is 22.8 Å². The number of rotatable bonds is 15. The highest BCUT2D eigenvalue weighted by Gasteiger charge is 2.43. The molecule has 0 saturated carbocycles. The summed E-state index contributed by atoms with van der Waals surface area (Å²) in [7, 11) is -3.54. The smallest absolute Gasteiger partial charge is 0.303 e. The van der Waals surface area contributed by atoms with Gasteiger partial charge in [0.1, 0.15) is 17.2 Å². The van der Waals surface area contributed by atoms with Crippen molar-refractivity contribution >= 4 is 27.7 Å². The highest BCUT2D eigenvalue weighted by atomic mass is 32.2. The summed E-state index contributed by atoms with van der Waals surface area (Å²) in [4.78, 5) is 35.5. The zero-order chi connectivity index (χ0) is 21.9. The number of carbonyl (C=O) groups excluding carboxylic acids is 2. The predicted octanol–water partition coefficient (Wildman–Crippen LogP) is 2.90. The number of sulfone groups is 1. The molecule has 1 saturated heterocycles.